The van der Waals surface area contributed by atoms with Gasteiger partial charge in [-0.2, -0.15) is 0 Å². The molecule has 0 aliphatic rings. The Hall–Kier alpha value is -2.08. The number of carbonyl (C=O) groups is 2. The third-order valence-corrected chi connectivity index (χ3v) is 3.15. The molecule has 1 aromatic carbocycles. The fourth-order valence-corrected chi connectivity index (χ4v) is 1.97. The molecule has 0 aliphatic heterocycles. The Labute approximate surface area is 124 Å². The van der Waals surface area contributed by atoms with Crippen molar-refractivity contribution in [3.63, 3.8) is 0 Å². The highest BCUT2D eigenvalue weighted by Gasteiger charge is 2.09. The Bertz CT molecular complexity index is 620. The third kappa shape index (κ3) is 3.96. The SMILES string of the molecule is Cc1ccc(CC(=O)NNC(=O)c2cc(Br)c[nH]2)cc1. The van der Waals surface area contributed by atoms with E-state index < -0.39 is 5.91 Å². The molecule has 0 radical (unpaired) electrons. The zero-order chi connectivity index (χ0) is 14.5. The summed E-state index contributed by atoms with van der Waals surface area (Å²) in [6.07, 6.45) is 1.86. The molecule has 1 aromatic heterocycles. The van der Waals surface area contributed by atoms with Crippen molar-refractivity contribution in [2.45, 2.75) is 13.3 Å². The van der Waals surface area contributed by atoms with Gasteiger partial charge in [0.15, 0.2) is 0 Å². The van der Waals surface area contributed by atoms with E-state index in [1.54, 1.807) is 12.3 Å². The summed E-state index contributed by atoms with van der Waals surface area (Å²) in [5.74, 6) is -0.666. The number of hydrazine groups is 1. The molecule has 0 saturated heterocycles. The van der Waals surface area contributed by atoms with Crippen LogP contribution in [0, 0.1) is 6.92 Å². The fraction of sp³-hybridized carbons (Fsp3) is 0.143. The van der Waals surface area contributed by atoms with Gasteiger partial charge in [0, 0.05) is 10.7 Å². The Kier molecular flexibility index (Phi) is 4.57. The van der Waals surface area contributed by atoms with Crippen LogP contribution in [-0.4, -0.2) is 16.8 Å². The Morgan fingerprint density at radius 3 is 2.50 bits per heavy atom. The minimum absolute atomic E-state index is 0.217. The van der Waals surface area contributed by atoms with Crippen LogP contribution in [0.4, 0.5) is 0 Å². The summed E-state index contributed by atoms with van der Waals surface area (Å²) >= 11 is 3.23. The number of rotatable bonds is 3. The second-order valence-corrected chi connectivity index (χ2v) is 5.31. The number of aromatic amines is 1. The van der Waals surface area contributed by atoms with Crippen molar-refractivity contribution in [2.24, 2.45) is 0 Å². The van der Waals surface area contributed by atoms with Crippen LogP contribution in [-0.2, 0) is 11.2 Å². The van der Waals surface area contributed by atoms with E-state index in [2.05, 4.69) is 31.8 Å². The van der Waals surface area contributed by atoms with Gasteiger partial charge in [0.2, 0.25) is 5.91 Å². The summed E-state index contributed by atoms with van der Waals surface area (Å²) in [6, 6.07) is 9.29. The molecule has 20 heavy (non-hydrogen) atoms. The molecule has 2 aromatic rings. The summed E-state index contributed by atoms with van der Waals surface area (Å²) in [4.78, 5) is 26.1. The minimum Gasteiger partial charge on any atom is -0.356 e. The molecule has 0 fully saturated rings. The van der Waals surface area contributed by atoms with Crippen molar-refractivity contribution in [3.05, 3.63) is 57.8 Å². The van der Waals surface area contributed by atoms with E-state index >= 15 is 0 Å². The Morgan fingerprint density at radius 2 is 1.90 bits per heavy atom. The molecule has 5 nitrogen and oxygen atoms in total. The number of halogens is 1. The number of hydrogen-bond donors (Lipinski definition) is 3. The van der Waals surface area contributed by atoms with Gasteiger partial charge < -0.3 is 4.98 Å². The lowest BCUT2D eigenvalue weighted by Gasteiger charge is -2.06. The molecule has 3 N–H and O–H groups in total. The summed E-state index contributed by atoms with van der Waals surface area (Å²) in [5, 5.41) is 0. The van der Waals surface area contributed by atoms with Gasteiger partial charge in [-0.1, -0.05) is 29.8 Å². The molecule has 104 valence electrons. The van der Waals surface area contributed by atoms with Gasteiger partial charge in [-0.15, -0.1) is 0 Å². The minimum atomic E-state index is -0.395. The number of benzene rings is 1. The van der Waals surface area contributed by atoms with Crippen molar-refractivity contribution in [2.75, 3.05) is 0 Å². The molecule has 0 saturated carbocycles. The van der Waals surface area contributed by atoms with Crippen LogP contribution in [0.5, 0.6) is 0 Å². The quantitative estimate of drug-likeness (QED) is 0.751. The molecule has 0 unspecified atom stereocenters. The van der Waals surface area contributed by atoms with E-state index in [-0.39, 0.29) is 12.3 Å². The monoisotopic (exact) mass is 335 g/mol. The van der Waals surface area contributed by atoms with Crippen LogP contribution in [0.25, 0.3) is 0 Å². The zero-order valence-corrected chi connectivity index (χ0v) is 12.5. The van der Waals surface area contributed by atoms with Gasteiger partial charge in [-0.25, -0.2) is 0 Å². The van der Waals surface area contributed by atoms with Gasteiger partial charge in [-0.3, -0.25) is 20.4 Å². The van der Waals surface area contributed by atoms with Gasteiger partial charge in [-0.05, 0) is 34.5 Å². The number of amides is 2. The maximum Gasteiger partial charge on any atom is 0.286 e. The lowest BCUT2D eigenvalue weighted by atomic mass is 10.1. The first-order valence-corrected chi connectivity index (χ1v) is 6.82. The van der Waals surface area contributed by atoms with Crippen LogP contribution >= 0.6 is 15.9 Å². The van der Waals surface area contributed by atoms with Gasteiger partial charge in [0.05, 0.1) is 6.42 Å². The van der Waals surface area contributed by atoms with Crippen LogP contribution < -0.4 is 10.9 Å². The average Bonchev–Trinajstić information content (AvgIpc) is 2.85. The van der Waals surface area contributed by atoms with Gasteiger partial charge in [0.1, 0.15) is 5.69 Å². The largest absolute Gasteiger partial charge is 0.356 e. The van der Waals surface area contributed by atoms with E-state index in [1.807, 2.05) is 31.2 Å². The van der Waals surface area contributed by atoms with Gasteiger partial charge in [0.25, 0.3) is 5.91 Å². The first kappa shape index (κ1) is 14.3. The topological polar surface area (TPSA) is 74.0 Å². The molecule has 1 heterocycles. The number of carbonyl (C=O) groups excluding carboxylic acids is 2. The predicted molar refractivity (Wildman–Crippen MR) is 79.0 cm³/mol. The maximum atomic E-state index is 11.7. The van der Waals surface area contributed by atoms with Crippen LogP contribution in [0.1, 0.15) is 21.6 Å². The van der Waals surface area contributed by atoms with Gasteiger partial charge >= 0.3 is 0 Å². The molecule has 0 atom stereocenters. The van der Waals surface area contributed by atoms with Crippen LogP contribution in [0.3, 0.4) is 0 Å². The zero-order valence-electron chi connectivity index (χ0n) is 10.9. The third-order valence-electron chi connectivity index (χ3n) is 2.69. The maximum absolute atomic E-state index is 11.7. The Morgan fingerprint density at radius 1 is 1.20 bits per heavy atom. The summed E-state index contributed by atoms with van der Waals surface area (Å²) in [7, 11) is 0. The highest BCUT2D eigenvalue weighted by Crippen LogP contribution is 2.10. The summed E-state index contributed by atoms with van der Waals surface area (Å²) < 4.78 is 0.772. The highest BCUT2D eigenvalue weighted by atomic mass is 79.9. The summed E-state index contributed by atoms with van der Waals surface area (Å²) in [6.45, 7) is 1.98. The van der Waals surface area contributed by atoms with Crippen molar-refractivity contribution < 1.29 is 9.59 Å². The normalized spacial score (nSPS) is 10.1. The standard InChI is InChI=1S/C14H14BrN3O2/c1-9-2-4-10(5-3-9)6-13(19)17-18-14(20)12-7-11(15)8-16-12/h2-5,7-8,16H,6H2,1H3,(H,17,19)(H,18,20). The second kappa shape index (κ2) is 6.38. The summed E-state index contributed by atoms with van der Waals surface area (Å²) in [5.41, 5.74) is 7.13. The second-order valence-electron chi connectivity index (χ2n) is 4.40. The average molecular weight is 336 g/mol. The number of hydrogen-bond acceptors (Lipinski definition) is 2. The predicted octanol–water partition coefficient (Wildman–Crippen LogP) is 2.09. The van der Waals surface area contributed by atoms with Crippen molar-refractivity contribution in [3.8, 4) is 0 Å². The van der Waals surface area contributed by atoms with E-state index in [9.17, 15) is 9.59 Å². The smallest absolute Gasteiger partial charge is 0.286 e. The van der Waals surface area contributed by atoms with Crippen molar-refractivity contribution in [1.82, 2.24) is 15.8 Å². The first-order chi connectivity index (χ1) is 9.54. The first-order valence-electron chi connectivity index (χ1n) is 6.03. The number of nitrogens with one attached hydrogen (secondary N) is 3. The molecule has 6 heteroatoms. The lowest BCUT2D eigenvalue weighted by molar-refractivity contribution is -0.121. The van der Waals surface area contributed by atoms with Crippen LogP contribution in [0.2, 0.25) is 0 Å². The lowest BCUT2D eigenvalue weighted by Crippen LogP contribution is -2.42. The molecule has 2 amide bonds. The fourth-order valence-electron chi connectivity index (χ4n) is 1.63. The molecule has 2 rings (SSSR count). The molecular formula is C14H14BrN3O2. The van der Waals surface area contributed by atoms with E-state index in [4.69, 9.17) is 0 Å². The molecular weight excluding hydrogens is 322 g/mol. The molecule has 0 aliphatic carbocycles. The van der Waals surface area contributed by atoms with Crippen molar-refractivity contribution >= 4 is 27.7 Å². The van der Waals surface area contributed by atoms with Crippen molar-refractivity contribution in [1.29, 1.82) is 0 Å². The number of aryl methyl sites for hydroxylation is 1. The molecule has 0 bridgehead atoms. The Balaban J connectivity index is 1.83. The number of H-pyrrole nitrogens is 1. The molecule has 0 spiro atoms. The highest BCUT2D eigenvalue weighted by molar-refractivity contribution is 9.10. The number of aromatic nitrogens is 1. The van der Waals surface area contributed by atoms with E-state index in [0.717, 1.165) is 15.6 Å². The van der Waals surface area contributed by atoms with E-state index in [1.165, 1.54) is 0 Å². The van der Waals surface area contributed by atoms with Crippen LogP contribution in [0.15, 0.2) is 41.0 Å². The van der Waals surface area contributed by atoms with E-state index in [0.29, 0.717) is 5.69 Å².